The minimum atomic E-state index is -3.69. The van der Waals surface area contributed by atoms with Gasteiger partial charge < -0.3 is 10.1 Å². The standard InChI is InChI=1S/C16H19N3O4S.ClH/c1-23-16(20)15-13-5-2-6-14(12(13)7-9-18-15)24(21,22)19-10-11-4-3-8-17-11;/h2,5-7,9,11,17,19H,3-4,8,10H2,1H3;1H. The summed E-state index contributed by atoms with van der Waals surface area (Å²) in [6.45, 7) is 1.25. The third-order valence-electron chi connectivity index (χ3n) is 4.12. The molecular formula is C16H20ClN3O4S. The van der Waals surface area contributed by atoms with E-state index in [1.807, 2.05) is 0 Å². The number of fused-ring (bicyclic) bond motifs is 1. The lowest BCUT2D eigenvalue weighted by Gasteiger charge is -2.14. The minimum absolute atomic E-state index is 0. The van der Waals surface area contributed by atoms with Gasteiger partial charge in [0.2, 0.25) is 10.0 Å². The third-order valence-corrected chi connectivity index (χ3v) is 5.60. The maximum Gasteiger partial charge on any atom is 0.357 e. The first-order valence-corrected chi connectivity index (χ1v) is 9.20. The van der Waals surface area contributed by atoms with E-state index in [1.54, 1.807) is 18.2 Å². The van der Waals surface area contributed by atoms with E-state index in [1.165, 1.54) is 19.4 Å². The fourth-order valence-corrected chi connectivity index (χ4v) is 4.19. The van der Waals surface area contributed by atoms with E-state index in [9.17, 15) is 13.2 Å². The first-order valence-electron chi connectivity index (χ1n) is 7.72. The lowest BCUT2D eigenvalue weighted by molar-refractivity contribution is 0.0596. The van der Waals surface area contributed by atoms with Crippen LogP contribution in [0.2, 0.25) is 0 Å². The second kappa shape index (κ2) is 8.09. The van der Waals surface area contributed by atoms with E-state index >= 15 is 0 Å². The van der Waals surface area contributed by atoms with Crippen LogP contribution in [0.5, 0.6) is 0 Å². The van der Waals surface area contributed by atoms with Crippen molar-refractivity contribution in [3.05, 3.63) is 36.2 Å². The summed E-state index contributed by atoms with van der Waals surface area (Å²) in [5.41, 5.74) is 0.101. The van der Waals surface area contributed by atoms with Crippen molar-refractivity contribution >= 4 is 39.2 Å². The van der Waals surface area contributed by atoms with Gasteiger partial charge in [-0.25, -0.2) is 22.9 Å². The monoisotopic (exact) mass is 385 g/mol. The predicted molar refractivity (Wildman–Crippen MR) is 96.5 cm³/mol. The molecule has 0 radical (unpaired) electrons. The van der Waals surface area contributed by atoms with Crippen molar-refractivity contribution in [2.45, 2.75) is 23.8 Å². The Morgan fingerprint density at radius 1 is 1.36 bits per heavy atom. The van der Waals surface area contributed by atoms with Gasteiger partial charge in [-0.1, -0.05) is 12.1 Å². The molecule has 0 spiro atoms. The topological polar surface area (TPSA) is 97.4 Å². The molecule has 9 heteroatoms. The molecule has 2 N–H and O–H groups in total. The molecule has 3 rings (SSSR count). The molecule has 7 nitrogen and oxygen atoms in total. The number of nitrogens with zero attached hydrogens (tertiary/aromatic N) is 1. The van der Waals surface area contributed by atoms with Gasteiger partial charge in [-0.3, -0.25) is 0 Å². The van der Waals surface area contributed by atoms with Crippen LogP contribution >= 0.6 is 12.4 Å². The number of hydrogen-bond donors (Lipinski definition) is 2. The molecule has 1 atom stereocenters. The average molecular weight is 386 g/mol. The van der Waals surface area contributed by atoms with Crippen LogP contribution < -0.4 is 10.0 Å². The van der Waals surface area contributed by atoms with Gasteiger partial charge in [0.25, 0.3) is 0 Å². The van der Waals surface area contributed by atoms with Crippen LogP contribution in [-0.4, -0.2) is 45.6 Å². The molecule has 1 saturated heterocycles. The number of hydrogen-bond acceptors (Lipinski definition) is 6. The van der Waals surface area contributed by atoms with Crippen LogP contribution in [0.3, 0.4) is 0 Å². The smallest absolute Gasteiger partial charge is 0.357 e. The average Bonchev–Trinajstić information content (AvgIpc) is 3.12. The largest absolute Gasteiger partial charge is 0.464 e. The normalized spacial score (nSPS) is 17.2. The summed E-state index contributed by atoms with van der Waals surface area (Å²) in [6, 6.07) is 6.52. The van der Waals surface area contributed by atoms with Crippen molar-refractivity contribution in [3.63, 3.8) is 0 Å². The fourth-order valence-electron chi connectivity index (χ4n) is 2.89. The van der Waals surface area contributed by atoms with Gasteiger partial charge in [-0.05, 0) is 31.5 Å². The second-order valence-corrected chi connectivity index (χ2v) is 7.38. The minimum Gasteiger partial charge on any atom is -0.464 e. The number of halogens is 1. The van der Waals surface area contributed by atoms with Crippen molar-refractivity contribution < 1.29 is 17.9 Å². The van der Waals surface area contributed by atoms with Gasteiger partial charge >= 0.3 is 5.97 Å². The van der Waals surface area contributed by atoms with Gasteiger partial charge in [-0.2, -0.15) is 0 Å². The summed E-state index contributed by atoms with van der Waals surface area (Å²) in [7, 11) is -2.43. The molecule has 0 saturated carbocycles. The number of aromatic nitrogens is 1. The van der Waals surface area contributed by atoms with Crippen molar-refractivity contribution in [2.24, 2.45) is 0 Å². The fraction of sp³-hybridized carbons (Fsp3) is 0.375. The second-order valence-electron chi connectivity index (χ2n) is 5.65. The molecule has 2 aromatic rings. The number of rotatable bonds is 5. The molecule has 1 aliphatic heterocycles. The Bertz CT molecular complexity index is 867. The molecule has 25 heavy (non-hydrogen) atoms. The molecule has 1 aromatic heterocycles. The number of carbonyl (C=O) groups is 1. The Balaban J connectivity index is 0.00000225. The molecular weight excluding hydrogens is 366 g/mol. The van der Waals surface area contributed by atoms with Crippen molar-refractivity contribution in [3.8, 4) is 0 Å². The highest BCUT2D eigenvalue weighted by Crippen LogP contribution is 2.25. The van der Waals surface area contributed by atoms with Gasteiger partial charge in [0.05, 0.1) is 12.0 Å². The van der Waals surface area contributed by atoms with Crippen LogP contribution in [0, 0.1) is 0 Å². The number of sulfonamides is 1. The maximum atomic E-state index is 12.7. The van der Waals surface area contributed by atoms with Crippen LogP contribution in [0.1, 0.15) is 23.3 Å². The number of methoxy groups -OCH3 is 1. The Morgan fingerprint density at radius 2 is 2.16 bits per heavy atom. The summed E-state index contributed by atoms with van der Waals surface area (Å²) < 4.78 is 32.7. The van der Waals surface area contributed by atoms with E-state index in [4.69, 9.17) is 4.74 Å². The van der Waals surface area contributed by atoms with E-state index in [2.05, 4.69) is 15.0 Å². The molecule has 0 aliphatic carbocycles. The summed E-state index contributed by atoms with van der Waals surface area (Å²) in [4.78, 5) is 16.0. The summed E-state index contributed by atoms with van der Waals surface area (Å²) >= 11 is 0. The lowest BCUT2D eigenvalue weighted by Crippen LogP contribution is -2.37. The zero-order chi connectivity index (χ0) is 17.2. The maximum absolute atomic E-state index is 12.7. The number of ether oxygens (including phenoxy) is 1. The Kier molecular flexibility index (Phi) is 6.34. The molecule has 1 unspecified atom stereocenters. The van der Waals surface area contributed by atoms with E-state index < -0.39 is 16.0 Å². The number of carbonyl (C=O) groups excluding carboxylic acids is 1. The molecule has 1 fully saturated rings. The Labute approximate surface area is 152 Å². The SMILES string of the molecule is COC(=O)c1nccc2c(S(=O)(=O)NCC3CCCN3)cccc12.Cl. The van der Waals surface area contributed by atoms with Crippen molar-refractivity contribution in [2.75, 3.05) is 20.2 Å². The van der Waals surface area contributed by atoms with Crippen molar-refractivity contribution in [1.29, 1.82) is 0 Å². The highest BCUT2D eigenvalue weighted by Gasteiger charge is 2.22. The molecule has 136 valence electrons. The van der Waals surface area contributed by atoms with E-state index in [0.717, 1.165) is 19.4 Å². The van der Waals surface area contributed by atoms with Crippen LogP contribution in [-0.2, 0) is 14.8 Å². The summed E-state index contributed by atoms with van der Waals surface area (Å²) in [6.07, 6.45) is 3.41. The number of pyridine rings is 1. The Morgan fingerprint density at radius 3 is 2.84 bits per heavy atom. The highest BCUT2D eigenvalue weighted by atomic mass is 35.5. The van der Waals surface area contributed by atoms with Crippen LogP contribution in [0.4, 0.5) is 0 Å². The first-order chi connectivity index (χ1) is 11.5. The molecule has 1 aliphatic rings. The summed E-state index contributed by atoms with van der Waals surface area (Å²) in [5, 5.41) is 4.15. The van der Waals surface area contributed by atoms with Gasteiger partial charge in [-0.15, -0.1) is 12.4 Å². The number of nitrogens with one attached hydrogen (secondary N) is 2. The molecule has 0 bridgehead atoms. The van der Waals surface area contributed by atoms with Crippen molar-refractivity contribution in [1.82, 2.24) is 15.0 Å². The quantitative estimate of drug-likeness (QED) is 0.756. The molecule has 2 heterocycles. The Hall–Kier alpha value is -1.74. The van der Waals surface area contributed by atoms with Gasteiger partial charge in [0.15, 0.2) is 5.69 Å². The summed E-state index contributed by atoms with van der Waals surface area (Å²) in [5.74, 6) is -0.599. The first kappa shape index (κ1) is 19.6. The van der Waals surface area contributed by atoms with E-state index in [-0.39, 0.29) is 29.0 Å². The lowest BCUT2D eigenvalue weighted by atomic mass is 10.1. The van der Waals surface area contributed by atoms with Gasteiger partial charge in [0, 0.05) is 29.6 Å². The van der Waals surface area contributed by atoms with Crippen LogP contribution in [0.25, 0.3) is 10.8 Å². The molecule has 0 amide bonds. The third kappa shape index (κ3) is 4.09. The molecule has 1 aromatic carbocycles. The zero-order valence-electron chi connectivity index (χ0n) is 13.7. The van der Waals surface area contributed by atoms with Crippen LogP contribution in [0.15, 0.2) is 35.4 Å². The number of esters is 1. The predicted octanol–water partition coefficient (Wildman–Crippen LogP) is 1.47. The highest BCUT2D eigenvalue weighted by molar-refractivity contribution is 7.89. The number of benzene rings is 1. The van der Waals surface area contributed by atoms with Gasteiger partial charge in [0.1, 0.15) is 0 Å². The zero-order valence-corrected chi connectivity index (χ0v) is 15.3. The van der Waals surface area contributed by atoms with E-state index in [0.29, 0.717) is 17.3 Å².